The van der Waals surface area contributed by atoms with Gasteiger partial charge in [-0.05, 0) is 25.0 Å². The van der Waals surface area contributed by atoms with E-state index in [2.05, 4.69) is 30.2 Å². The topological polar surface area (TPSA) is 75.3 Å². The summed E-state index contributed by atoms with van der Waals surface area (Å²) in [5, 5.41) is 13.3. The molecular weight excluding hydrogens is 304 g/mol. The predicted octanol–water partition coefficient (Wildman–Crippen LogP) is 1.36. The van der Waals surface area contributed by atoms with Gasteiger partial charge in [-0.2, -0.15) is 4.52 Å². The second-order valence-corrected chi connectivity index (χ2v) is 6.24. The predicted molar refractivity (Wildman–Crippen MR) is 91.3 cm³/mol. The average Bonchev–Trinajstić information content (AvgIpc) is 3.06. The van der Waals surface area contributed by atoms with Crippen molar-refractivity contribution in [2.45, 2.75) is 18.8 Å². The molecule has 4 heterocycles. The van der Waals surface area contributed by atoms with Gasteiger partial charge in [0.25, 0.3) is 0 Å². The van der Waals surface area contributed by atoms with Gasteiger partial charge in [0.2, 0.25) is 0 Å². The number of aromatic nitrogens is 6. The normalized spacial score (nSPS) is 15.8. The molecule has 3 aromatic heterocycles. The highest BCUT2D eigenvalue weighted by Crippen LogP contribution is 2.28. The Labute approximate surface area is 140 Å². The Bertz CT molecular complexity index is 820. The Morgan fingerprint density at radius 1 is 1.08 bits per heavy atom. The van der Waals surface area contributed by atoms with Gasteiger partial charge in [0.05, 0.1) is 6.20 Å². The third-order valence-electron chi connectivity index (χ3n) is 4.46. The first-order valence-corrected chi connectivity index (χ1v) is 8.13. The maximum Gasteiger partial charge on any atom is 0.178 e. The van der Waals surface area contributed by atoms with E-state index in [9.17, 15) is 0 Å². The van der Waals surface area contributed by atoms with E-state index in [0.29, 0.717) is 5.92 Å². The van der Waals surface area contributed by atoms with Crippen molar-refractivity contribution >= 4 is 17.3 Å². The summed E-state index contributed by atoms with van der Waals surface area (Å²) in [4.78, 5) is 12.8. The molecule has 0 saturated carbocycles. The lowest BCUT2D eigenvalue weighted by molar-refractivity contribution is 0.475. The lowest BCUT2D eigenvalue weighted by Crippen LogP contribution is -2.34. The van der Waals surface area contributed by atoms with Crippen LogP contribution in [0, 0.1) is 0 Å². The van der Waals surface area contributed by atoms with E-state index in [1.165, 1.54) is 0 Å². The smallest absolute Gasteiger partial charge is 0.178 e. The van der Waals surface area contributed by atoms with Gasteiger partial charge in [0.1, 0.15) is 11.6 Å². The molecule has 8 nitrogen and oxygen atoms in total. The third-order valence-corrected chi connectivity index (χ3v) is 4.46. The number of rotatable bonds is 3. The third kappa shape index (κ3) is 2.64. The molecule has 0 unspecified atom stereocenters. The number of piperidine rings is 1. The van der Waals surface area contributed by atoms with Crippen LogP contribution in [0.25, 0.3) is 5.65 Å². The zero-order chi connectivity index (χ0) is 16.5. The van der Waals surface area contributed by atoms with Crippen LogP contribution in [-0.2, 0) is 0 Å². The molecule has 0 aliphatic carbocycles. The molecule has 0 bridgehead atoms. The zero-order valence-electron chi connectivity index (χ0n) is 13.9. The van der Waals surface area contributed by atoms with Crippen LogP contribution in [0.5, 0.6) is 0 Å². The largest absolute Gasteiger partial charge is 0.361 e. The van der Waals surface area contributed by atoms with Crippen LogP contribution >= 0.6 is 0 Å². The molecule has 1 aliphatic rings. The monoisotopic (exact) mass is 324 g/mol. The standard InChI is InChI=1S/C16H20N8/c1-22(2)14-4-3-13-19-20-16(24(13)21-14)12-5-9-23(10-6-12)15-11-17-7-8-18-15/h3-4,7-8,11-12H,5-6,9-10H2,1-2H3. The second-order valence-electron chi connectivity index (χ2n) is 6.24. The van der Waals surface area contributed by atoms with Crippen LogP contribution in [0.4, 0.5) is 11.6 Å². The van der Waals surface area contributed by atoms with Gasteiger partial charge in [-0.1, -0.05) is 0 Å². The zero-order valence-corrected chi connectivity index (χ0v) is 13.9. The number of anilines is 2. The summed E-state index contributed by atoms with van der Waals surface area (Å²) >= 11 is 0. The first-order chi connectivity index (χ1) is 11.7. The average molecular weight is 324 g/mol. The van der Waals surface area contributed by atoms with Crippen LogP contribution < -0.4 is 9.80 Å². The molecule has 24 heavy (non-hydrogen) atoms. The highest BCUT2D eigenvalue weighted by molar-refractivity contribution is 5.45. The maximum atomic E-state index is 4.67. The Morgan fingerprint density at radius 3 is 2.62 bits per heavy atom. The SMILES string of the molecule is CN(C)c1ccc2nnc(C3CCN(c4cnccn4)CC3)n2n1. The Kier molecular flexibility index (Phi) is 3.72. The summed E-state index contributed by atoms with van der Waals surface area (Å²) in [5.74, 6) is 3.15. The molecule has 124 valence electrons. The fraction of sp³-hybridized carbons (Fsp3) is 0.438. The van der Waals surface area contributed by atoms with Crippen molar-refractivity contribution in [1.29, 1.82) is 0 Å². The Hall–Kier alpha value is -2.77. The van der Waals surface area contributed by atoms with Gasteiger partial charge in [0.15, 0.2) is 11.5 Å². The second kappa shape index (κ2) is 6.03. The first-order valence-electron chi connectivity index (χ1n) is 8.13. The van der Waals surface area contributed by atoms with E-state index in [0.717, 1.165) is 49.0 Å². The summed E-state index contributed by atoms with van der Waals surface area (Å²) in [6.45, 7) is 1.87. The summed E-state index contributed by atoms with van der Waals surface area (Å²) in [7, 11) is 3.97. The summed E-state index contributed by atoms with van der Waals surface area (Å²) < 4.78 is 1.89. The molecule has 0 aromatic carbocycles. The molecule has 4 rings (SSSR count). The van der Waals surface area contributed by atoms with Gasteiger partial charge < -0.3 is 9.80 Å². The number of hydrogen-bond acceptors (Lipinski definition) is 7. The van der Waals surface area contributed by atoms with Crippen molar-refractivity contribution in [3.8, 4) is 0 Å². The van der Waals surface area contributed by atoms with E-state index in [1.54, 1.807) is 12.4 Å². The molecule has 1 aliphatic heterocycles. The maximum absolute atomic E-state index is 4.67. The highest BCUT2D eigenvalue weighted by atomic mass is 15.4. The summed E-state index contributed by atoms with van der Waals surface area (Å²) in [6, 6.07) is 3.93. The van der Waals surface area contributed by atoms with E-state index in [4.69, 9.17) is 0 Å². The Balaban J connectivity index is 1.55. The first kappa shape index (κ1) is 14.8. The number of hydrogen-bond donors (Lipinski definition) is 0. The van der Waals surface area contributed by atoms with Crippen LogP contribution in [0.2, 0.25) is 0 Å². The molecule has 0 atom stereocenters. The van der Waals surface area contributed by atoms with Crippen LogP contribution in [0.3, 0.4) is 0 Å². The van der Waals surface area contributed by atoms with E-state index in [-0.39, 0.29) is 0 Å². The van der Waals surface area contributed by atoms with Gasteiger partial charge in [0, 0.05) is 45.5 Å². The number of nitrogens with zero attached hydrogens (tertiary/aromatic N) is 8. The van der Waals surface area contributed by atoms with E-state index < -0.39 is 0 Å². The highest BCUT2D eigenvalue weighted by Gasteiger charge is 2.25. The molecule has 8 heteroatoms. The minimum atomic E-state index is 0.359. The summed E-state index contributed by atoms with van der Waals surface area (Å²) in [5.41, 5.74) is 0.798. The fourth-order valence-electron chi connectivity index (χ4n) is 3.11. The molecule has 3 aromatic rings. The minimum absolute atomic E-state index is 0.359. The van der Waals surface area contributed by atoms with Crippen LogP contribution in [0.15, 0.2) is 30.7 Å². The quantitative estimate of drug-likeness (QED) is 0.720. The van der Waals surface area contributed by atoms with Gasteiger partial charge in [-0.25, -0.2) is 4.98 Å². The molecule has 0 radical (unpaired) electrons. The molecule has 0 N–H and O–H groups in total. The molecule has 0 amide bonds. The fourth-order valence-corrected chi connectivity index (χ4v) is 3.11. The van der Waals surface area contributed by atoms with Crippen LogP contribution in [0.1, 0.15) is 24.6 Å². The molecule has 0 spiro atoms. The molecule has 1 saturated heterocycles. The van der Waals surface area contributed by atoms with Gasteiger partial charge in [-0.15, -0.1) is 15.3 Å². The number of fused-ring (bicyclic) bond motifs is 1. The lowest BCUT2D eigenvalue weighted by Gasteiger charge is -2.31. The van der Waals surface area contributed by atoms with Gasteiger partial charge in [-0.3, -0.25) is 4.98 Å². The van der Waals surface area contributed by atoms with Crippen molar-refractivity contribution in [3.63, 3.8) is 0 Å². The van der Waals surface area contributed by atoms with Gasteiger partial charge >= 0.3 is 0 Å². The lowest BCUT2D eigenvalue weighted by atomic mass is 9.96. The van der Waals surface area contributed by atoms with Crippen molar-refractivity contribution in [2.24, 2.45) is 0 Å². The van der Waals surface area contributed by atoms with E-state index >= 15 is 0 Å². The molecule has 1 fully saturated rings. The van der Waals surface area contributed by atoms with Crippen molar-refractivity contribution in [2.75, 3.05) is 37.0 Å². The van der Waals surface area contributed by atoms with Crippen molar-refractivity contribution in [1.82, 2.24) is 29.8 Å². The van der Waals surface area contributed by atoms with Crippen molar-refractivity contribution in [3.05, 3.63) is 36.5 Å². The minimum Gasteiger partial charge on any atom is -0.361 e. The summed E-state index contributed by atoms with van der Waals surface area (Å²) in [6.07, 6.45) is 7.26. The van der Waals surface area contributed by atoms with Crippen molar-refractivity contribution < 1.29 is 0 Å². The van der Waals surface area contributed by atoms with Crippen LogP contribution in [-0.4, -0.2) is 57.0 Å². The molecular formula is C16H20N8. The van der Waals surface area contributed by atoms with E-state index in [1.807, 2.05) is 41.8 Å². The Morgan fingerprint density at radius 2 is 1.92 bits per heavy atom.